The van der Waals surface area contributed by atoms with Crippen molar-refractivity contribution in [2.75, 3.05) is 26.2 Å². The van der Waals surface area contributed by atoms with E-state index in [1.54, 1.807) is 0 Å². The molecule has 0 unspecified atom stereocenters. The number of fused-ring (bicyclic) bond motifs is 2. The van der Waals surface area contributed by atoms with Crippen LogP contribution in [-0.2, 0) is 16.1 Å². The minimum Gasteiger partial charge on any atom is -0.481 e. The molecular weight excluding hydrogens is 352 g/mol. The summed E-state index contributed by atoms with van der Waals surface area (Å²) in [6.45, 7) is 3.88. The molecule has 0 radical (unpaired) electrons. The van der Waals surface area contributed by atoms with Crippen molar-refractivity contribution < 1.29 is 14.7 Å². The molecule has 1 N–H and O–H groups in total. The van der Waals surface area contributed by atoms with Gasteiger partial charge in [0.15, 0.2) is 0 Å². The highest BCUT2D eigenvalue weighted by molar-refractivity contribution is 6.30. The molecule has 1 aromatic rings. The lowest BCUT2D eigenvalue weighted by molar-refractivity contribution is -0.153. The average Bonchev–Trinajstić information content (AvgIpc) is 3.25. The van der Waals surface area contributed by atoms with Crippen LogP contribution >= 0.6 is 11.6 Å². The highest BCUT2D eigenvalue weighted by Crippen LogP contribution is 2.53. The third-order valence-corrected chi connectivity index (χ3v) is 6.74. The molecule has 0 spiro atoms. The van der Waals surface area contributed by atoms with Crippen molar-refractivity contribution in [3.63, 3.8) is 0 Å². The zero-order valence-corrected chi connectivity index (χ0v) is 15.6. The van der Waals surface area contributed by atoms with Gasteiger partial charge in [-0.25, -0.2) is 0 Å². The zero-order chi connectivity index (χ0) is 18.3. The van der Waals surface area contributed by atoms with Gasteiger partial charge < -0.3 is 10.0 Å². The van der Waals surface area contributed by atoms with E-state index in [9.17, 15) is 14.7 Å². The van der Waals surface area contributed by atoms with E-state index in [1.165, 1.54) is 5.56 Å². The van der Waals surface area contributed by atoms with Gasteiger partial charge in [0.1, 0.15) is 0 Å². The third kappa shape index (κ3) is 3.35. The van der Waals surface area contributed by atoms with Gasteiger partial charge in [-0.3, -0.25) is 14.5 Å². The van der Waals surface area contributed by atoms with E-state index in [1.807, 2.05) is 29.2 Å². The molecule has 5 nitrogen and oxygen atoms in total. The summed E-state index contributed by atoms with van der Waals surface area (Å²) >= 11 is 5.93. The summed E-state index contributed by atoms with van der Waals surface area (Å²) in [7, 11) is 0. The highest BCUT2D eigenvalue weighted by Gasteiger charge is 2.54. The molecule has 2 bridgehead atoms. The van der Waals surface area contributed by atoms with Crippen LogP contribution in [0.5, 0.6) is 0 Å². The zero-order valence-electron chi connectivity index (χ0n) is 14.8. The molecule has 6 heteroatoms. The Balaban J connectivity index is 1.35. The van der Waals surface area contributed by atoms with Gasteiger partial charge in [-0.15, -0.1) is 0 Å². The number of halogens is 1. The van der Waals surface area contributed by atoms with E-state index in [0.29, 0.717) is 13.1 Å². The van der Waals surface area contributed by atoms with Crippen molar-refractivity contribution in [3.05, 3.63) is 34.9 Å². The Morgan fingerprint density at radius 2 is 1.62 bits per heavy atom. The summed E-state index contributed by atoms with van der Waals surface area (Å²) in [4.78, 5) is 29.0. The van der Waals surface area contributed by atoms with Gasteiger partial charge in [-0.05, 0) is 48.8 Å². The van der Waals surface area contributed by atoms with E-state index in [0.717, 1.165) is 43.9 Å². The molecule has 1 saturated heterocycles. The lowest BCUT2D eigenvalue weighted by Crippen LogP contribution is -2.52. The smallest absolute Gasteiger partial charge is 0.307 e. The summed E-state index contributed by atoms with van der Waals surface area (Å²) < 4.78 is 0. The van der Waals surface area contributed by atoms with E-state index in [-0.39, 0.29) is 23.7 Å². The lowest BCUT2D eigenvalue weighted by atomic mass is 9.78. The number of piperazine rings is 1. The molecule has 4 atom stereocenters. The first kappa shape index (κ1) is 17.8. The number of hydrogen-bond acceptors (Lipinski definition) is 3. The lowest BCUT2D eigenvalue weighted by Gasteiger charge is -2.38. The number of rotatable bonds is 4. The maximum atomic E-state index is 13.0. The van der Waals surface area contributed by atoms with Gasteiger partial charge in [0.25, 0.3) is 0 Å². The van der Waals surface area contributed by atoms with Crippen molar-refractivity contribution in [2.24, 2.45) is 23.7 Å². The Morgan fingerprint density at radius 1 is 1.00 bits per heavy atom. The molecule has 3 fully saturated rings. The summed E-state index contributed by atoms with van der Waals surface area (Å²) in [5, 5.41) is 10.3. The molecule has 2 aliphatic carbocycles. The highest BCUT2D eigenvalue weighted by atomic mass is 35.5. The van der Waals surface area contributed by atoms with Crippen molar-refractivity contribution in [3.8, 4) is 0 Å². The van der Waals surface area contributed by atoms with Gasteiger partial charge in [0.05, 0.1) is 11.8 Å². The van der Waals surface area contributed by atoms with Crippen molar-refractivity contribution >= 4 is 23.5 Å². The molecule has 1 amide bonds. The van der Waals surface area contributed by atoms with Crippen molar-refractivity contribution in [1.29, 1.82) is 0 Å². The quantitative estimate of drug-likeness (QED) is 0.877. The van der Waals surface area contributed by atoms with E-state index < -0.39 is 11.9 Å². The Morgan fingerprint density at radius 3 is 2.23 bits per heavy atom. The van der Waals surface area contributed by atoms with Crippen LogP contribution < -0.4 is 0 Å². The SMILES string of the molecule is O=C(O)[C@H]1[C@H]2CC[C@@H](C2)[C@@H]1C(=O)N1CCN(Cc2ccc(Cl)cc2)CC1. The van der Waals surface area contributed by atoms with Crippen LogP contribution in [0.3, 0.4) is 0 Å². The molecule has 0 aromatic heterocycles. The van der Waals surface area contributed by atoms with Crippen molar-refractivity contribution in [2.45, 2.75) is 25.8 Å². The molecule has 4 rings (SSSR count). The fraction of sp³-hybridized carbons (Fsp3) is 0.600. The molecule has 2 saturated carbocycles. The molecule has 26 heavy (non-hydrogen) atoms. The van der Waals surface area contributed by atoms with Gasteiger partial charge in [0.2, 0.25) is 5.91 Å². The molecular formula is C20H25ClN2O3. The summed E-state index contributed by atoms with van der Waals surface area (Å²) in [6, 6.07) is 7.87. The van der Waals surface area contributed by atoms with E-state index >= 15 is 0 Å². The van der Waals surface area contributed by atoms with Crippen LogP contribution in [-0.4, -0.2) is 53.0 Å². The van der Waals surface area contributed by atoms with E-state index in [2.05, 4.69) is 4.90 Å². The number of carbonyl (C=O) groups excluding carboxylic acids is 1. The number of benzene rings is 1. The summed E-state index contributed by atoms with van der Waals surface area (Å²) in [5.74, 6) is -0.978. The van der Waals surface area contributed by atoms with Crippen LogP contribution in [0, 0.1) is 23.7 Å². The summed E-state index contributed by atoms with van der Waals surface area (Å²) in [5.41, 5.74) is 1.22. The van der Waals surface area contributed by atoms with Crippen LogP contribution in [0.2, 0.25) is 5.02 Å². The Labute approximate surface area is 158 Å². The molecule has 1 heterocycles. The first-order chi connectivity index (χ1) is 12.5. The van der Waals surface area contributed by atoms with Gasteiger partial charge in [0, 0.05) is 37.7 Å². The maximum Gasteiger partial charge on any atom is 0.307 e. The number of carboxylic acid groups (broad SMARTS) is 1. The summed E-state index contributed by atoms with van der Waals surface area (Å²) in [6.07, 6.45) is 2.91. The second-order valence-corrected chi connectivity index (χ2v) is 8.39. The fourth-order valence-corrected chi connectivity index (χ4v) is 5.31. The monoisotopic (exact) mass is 376 g/mol. The van der Waals surface area contributed by atoms with E-state index in [4.69, 9.17) is 11.6 Å². The topological polar surface area (TPSA) is 60.9 Å². The third-order valence-electron chi connectivity index (χ3n) is 6.49. The largest absolute Gasteiger partial charge is 0.481 e. The molecule has 1 aromatic carbocycles. The second kappa shape index (κ2) is 7.20. The van der Waals surface area contributed by atoms with Crippen LogP contribution in [0.4, 0.5) is 0 Å². The van der Waals surface area contributed by atoms with Crippen LogP contribution in [0.1, 0.15) is 24.8 Å². The number of carboxylic acids is 1. The molecule has 1 aliphatic heterocycles. The Bertz CT molecular complexity index is 685. The number of nitrogens with zero attached hydrogens (tertiary/aromatic N) is 2. The van der Waals surface area contributed by atoms with Gasteiger partial charge in [-0.2, -0.15) is 0 Å². The maximum absolute atomic E-state index is 13.0. The first-order valence-corrected chi connectivity index (χ1v) is 9.89. The Kier molecular flexibility index (Phi) is 4.93. The van der Waals surface area contributed by atoms with Crippen molar-refractivity contribution in [1.82, 2.24) is 9.80 Å². The normalized spacial score (nSPS) is 31.3. The van der Waals surface area contributed by atoms with Crippen LogP contribution in [0.25, 0.3) is 0 Å². The second-order valence-electron chi connectivity index (χ2n) is 7.95. The number of carbonyl (C=O) groups is 2. The fourth-order valence-electron chi connectivity index (χ4n) is 5.19. The predicted octanol–water partition coefficient (Wildman–Crippen LogP) is 2.73. The minimum atomic E-state index is -0.781. The predicted molar refractivity (Wildman–Crippen MR) is 98.8 cm³/mol. The average molecular weight is 377 g/mol. The van der Waals surface area contributed by atoms with Gasteiger partial charge >= 0.3 is 5.97 Å². The first-order valence-electron chi connectivity index (χ1n) is 9.51. The molecule has 3 aliphatic rings. The number of hydrogen-bond donors (Lipinski definition) is 1. The molecule has 140 valence electrons. The number of amides is 1. The minimum absolute atomic E-state index is 0.0794. The van der Waals surface area contributed by atoms with Gasteiger partial charge in [-0.1, -0.05) is 23.7 Å². The number of aliphatic carboxylic acids is 1. The Hall–Kier alpha value is -1.59. The standard InChI is InChI=1S/C20H25ClN2O3/c21-16-5-1-13(2-6-16)12-22-7-9-23(10-8-22)19(24)17-14-3-4-15(11-14)18(17)20(25)26/h1-2,5-6,14-15,17-18H,3-4,7-12H2,(H,25,26)/t14-,15-,17-,18-/m0/s1. The van der Waals surface area contributed by atoms with Crippen LogP contribution in [0.15, 0.2) is 24.3 Å².